The van der Waals surface area contributed by atoms with Gasteiger partial charge in [-0.2, -0.15) is 0 Å². The van der Waals surface area contributed by atoms with E-state index in [0.717, 1.165) is 29.1 Å². The molecule has 1 atom stereocenters. The smallest absolute Gasteiger partial charge is 0.193 e. The molecule has 0 saturated carbocycles. The number of aromatic nitrogens is 2. The first kappa shape index (κ1) is 13.9. The Morgan fingerprint density at radius 3 is 2.85 bits per heavy atom. The molecule has 6 heteroatoms. The van der Waals surface area contributed by atoms with Crippen LogP contribution in [-0.2, 0) is 12.8 Å². The highest BCUT2D eigenvalue weighted by molar-refractivity contribution is 7.15. The molecule has 1 unspecified atom stereocenters. The number of hydrogen-bond donors (Lipinski definition) is 1. The Kier molecular flexibility index (Phi) is 3.98. The van der Waals surface area contributed by atoms with Crippen molar-refractivity contribution in [3.05, 3.63) is 57.3 Å². The van der Waals surface area contributed by atoms with Crippen LogP contribution in [0.2, 0.25) is 10.0 Å². The van der Waals surface area contributed by atoms with Crippen molar-refractivity contribution in [2.24, 2.45) is 5.73 Å². The van der Waals surface area contributed by atoms with Crippen LogP contribution >= 0.6 is 34.5 Å². The predicted molar refractivity (Wildman–Crippen MR) is 84.9 cm³/mol. The summed E-state index contributed by atoms with van der Waals surface area (Å²) in [5.74, 6) is 0. The van der Waals surface area contributed by atoms with E-state index in [1.165, 1.54) is 0 Å². The molecule has 0 amide bonds. The molecule has 20 heavy (non-hydrogen) atoms. The van der Waals surface area contributed by atoms with Crippen molar-refractivity contribution in [1.82, 2.24) is 9.38 Å². The number of hydrogen-bond acceptors (Lipinski definition) is 3. The summed E-state index contributed by atoms with van der Waals surface area (Å²) in [5.41, 5.74) is 8.30. The highest BCUT2D eigenvalue weighted by Crippen LogP contribution is 2.23. The van der Waals surface area contributed by atoms with Gasteiger partial charge in [0.25, 0.3) is 0 Å². The third kappa shape index (κ3) is 2.99. The highest BCUT2D eigenvalue weighted by Gasteiger charge is 2.10. The van der Waals surface area contributed by atoms with E-state index in [-0.39, 0.29) is 6.04 Å². The van der Waals surface area contributed by atoms with E-state index in [2.05, 4.69) is 4.98 Å². The minimum atomic E-state index is 0.0110. The van der Waals surface area contributed by atoms with Gasteiger partial charge in [-0.05, 0) is 24.1 Å². The number of halogens is 2. The van der Waals surface area contributed by atoms with Crippen LogP contribution in [0, 0.1) is 0 Å². The monoisotopic (exact) mass is 325 g/mol. The van der Waals surface area contributed by atoms with Crippen LogP contribution in [0.15, 0.2) is 36.0 Å². The van der Waals surface area contributed by atoms with Crippen molar-refractivity contribution in [3.8, 4) is 0 Å². The zero-order chi connectivity index (χ0) is 14.1. The SMILES string of the molecule is NC(Cc1ccc(Cl)c(Cl)c1)Cc1cn2ccsc2n1. The summed E-state index contributed by atoms with van der Waals surface area (Å²) in [4.78, 5) is 5.54. The zero-order valence-electron chi connectivity index (χ0n) is 10.6. The van der Waals surface area contributed by atoms with Crippen molar-refractivity contribution >= 4 is 39.5 Å². The maximum Gasteiger partial charge on any atom is 0.193 e. The molecule has 0 saturated heterocycles. The predicted octanol–water partition coefficient (Wildman–Crippen LogP) is 3.82. The molecule has 2 N–H and O–H groups in total. The van der Waals surface area contributed by atoms with Gasteiger partial charge in [-0.15, -0.1) is 11.3 Å². The molecule has 0 aliphatic carbocycles. The Bertz CT molecular complexity index is 706. The average Bonchev–Trinajstić information content (AvgIpc) is 2.94. The van der Waals surface area contributed by atoms with E-state index >= 15 is 0 Å². The van der Waals surface area contributed by atoms with Gasteiger partial charge in [0.15, 0.2) is 4.96 Å². The van der Waals surface area contributed by atoms with Gasteiger partial charge in [0.05, 0.1) is 15.7 Å². The van der Waals surface area contributed by atoms with E-state index in [1.807, 2.05) is 34.3 Å². The van der Waals surface area contributed by atoms with E-state index < -0.39 is 0 Å². The van der Waals surface area contributed by atoms with Crippen molar-refractivity contribution < 1.29 is 0 Å². The van der Waals surface area contributed by atoms with Crippen LogP contribution < -0.4 is 5.73 Å². The number of imidazole rings is 1. The lowest BCUT2D eigenvalue weighted by molar-refractivity contribution is 0.656. The normalized spacial score (nSPS) is 12.9. The molecule has 0 aliphatic rings. The molecule has 2 heterocycles. The van der Waals surface area contributed by atoms with Crippen molar-refractivity contribution in [2.75, 3.05) is 0 Å². The second kappa shape index (κ2) is 5.74. The first-order valence-corrected chi connectivity index (χ1v) is 7.86. The van der Waals surface area contributed by atoms with Gasteiger partial charge in [-0.25, -0.2) is 4.98 Å². The average molecular weight is 326 g/mol. The number of benzene rings is 1. The Balaban J connectivity index is 1.68. The van der Waals surface area contributed by atoms with Gasteiger partial charge in [-0.3, -0.25) is 4.40 Å². The van der Waals surface area contributed by atoms with Gasteiger partial charge in [0, 0.05) is 30.2 Å². The molecule has 0 aliphatic heterocycles. The number of thiazole rings is 1. The molecule has 0 bridgehead atoms. The van der Waals surface area contributed by atoms with Gasteiger partial charge < -0.3 is 5.73 Å². The van der Waals surface area contributed by atoms with Gasteiger partial charge in [0.2, 0.25) is 0 Å². The fourth-order valence-corrected chi connectivity index (χ4v) is 3.22. The second-order valence-electron chi connectivity index (χ2n) is 4.74. The summed E-state index contributed by atoms with van der Waals surface area (Å²) in [7, 11) is 0. The molecule has 0 fully saturated rings. The summed E-state index contributed by atoms with van der Waals surface area (Å²) >= 11 is 13.5. The molecule has 0 radical (unpaired) electrons. The lowest BCUT2D eigenvalue weighted by atomic mass is 10.0. The Labute approximate surface area is 131 Å². The Hall–Kier alpha value is -1.07. The van der Waals surface area contributed by atoms with Crippen LogP contribution in [0.1, 0.15) is 11.3 Å². The summed E-state index contributed by atoms with van der Waals surface area (Å²) in [5, 5.41) is 3.15. The molecule has 3 aromatic rings. The first-order valence-electron chi connectivity index (χ1n) is 6.22. The Morgan fingerprint density at radius 2 is 2.10 bits per heavy atom. The van der Waals surface area contributed by atoms with E-state index in [1.54, 1.807) is 17.4 Å². The van der Waals surface area contributed by atoms with Crippen molar-refractivity contribution in [1.29, 1.82) is 0 Å². The third-order valence-electron chi connectivity index (χ3n) is 3.10. The van der Waals surface area contributed by atoms with Crippen molar-refractivity contribution in [3.63, 3.8) is 0 Å². The lowest BCUT2D eigenvalue weighted by Gasteiger charge is -2.10. The van der Waals surface area contributed by atoms with Crippen LogP contribution in [0.25, 0.3) is 4.96 Å². The molecule has 2 aromatic heterocycles. The van der Waals surface area contributed by atoms with Gasteiger partial charge in [-0.1, -0.05) is 29.3 Å². The Morgan fingerprint density at radius 1 is 1.25 bits per heavy atom. The third-order valence-corrected chi connectivity index (χ3v) is 4.61. The molecule has 0 spiro atoms. The van der Waals surface area contributed by atoms with Crippen LogP contribution in [0.4, 0.5) is 0 Å². The minimum Gasteiger partial charge on any atom is -0.327 e. The van der Waals surface area contributed by atoms with Crippen LogP contribution in [0.3, 0.4) is 0 Å². The quantitative estimate of drug-likeness (QED) is 0.792. The zero-order valence-corrected chi connectivity index (χ0v) is 12.9. The molecule has 1 aromatic carbocycles. The summed E-state index contributed by atoms with van der Waals surface area (Å²) in [6, 6.07) is 5.64. The van der Waals surface area contributed by atoms with Crippen LogP contribution in [0.5, 0.6) is 0 Å². The van der Waals surface area contributed by atoms with E-state index in [0.29, 0.717) is 10.0 Å². The van der Waals surface area contributed by atoms with Gasteiger partial charge >= 0.3 is 0 Å². The molecule has 104 valence electrons. The minimum absolute atomic E-state index is 0.0110. The van der Waals surface area contributed by atoms with Crippen molar-refractivity contribution in [2.45, 2.75) is 18.9 Å². The van der Waals surface area contributed by atoms with Crippen LogP contribution in [-0.4, -0.2) is 15.4 Å². The van der Waals surface area contributed by atoms with Gasteiger partial charge in [0.1, 0.15) is 0 Å². The molecule has 3 nitrogen and oxygen atoms in total. The largest absolute Gasteiger partial charge is 0.327 e. The highest BCUT2D eigenvalue weighted by atomic mass is 35.5. The first-order chi connectivity index (χ1) is 9.61. The number of rotatable bonds is 4. The number of fused-ring (bicyclic) bond motifs is 1. The topological polar surface area (TPSA) is 43.3 Å². The maximum atomic E-state index is 6.19. The standard InChI is InChI=1S/C14H13Cl2N3S/c15-12-2-1-9(6-13(12)16)5-10(17)7-11-8-19-3-4-20-14(19)18-11/h1-4,6,8,10H,5,7,17H2. The molecule has 3 rings (SSSR count). The lowest BCUT2D eigenvalue weighted by Crippen LogP contribution is -2.25. The van der Waals surface area contributed by atoms with E-state index in [4.69, 9.17) is 28.9 Å². The summed E-state index contributed by atoms with van der Waals surface area (Å²) < 4.78 is 2.02. The number of nitrogens with two attached hydrogens (primary N) is 1. The fourth-order valence-electron chi connectivity index (χ4n) is 2.18. The second-order valence-corrected chi connectivity index (χ2v) is 6.43. The summed E-state index contributed by atoms with van der Waals surface area (Å²) in [6.07, 6.45) is 5.53. The maximum absolute atomic E-state index is 6.19. The molecular formula is C14H13Cl2N3S. The fraction of sp³-hybridized carbons (Fsp3) is 0.214. The molecular weight excluding hydrogens is 313 g/mol. The number of nitrogens with zero attached hydrogens (tertiary/aromatic N) is 2. The summed E-state index contributed by atoms with van der Waals surface area (Å²) in [6.45, 7) is 0. The van der Waals surface area contributed by atoms with E-state index in [9.17, 15) is 0 Å².